The largest absolute Gasteiger partial charge is 0.393 e. The lowest BCUT2D eigenvalue weighted by Crippen LogP contribution is -2.36. The second-order valence-electron chi connectivity index (χ2n) is 5.79. The number of hydrogen-bond acceptors (Lipinski definition) is 4. The molecule has 1 amide bonds. The van der Waals surface area contributed by atoms with Crippen molar-refractivity contribution in [3.05, 3.63) is 29.6 Å². The Hall–Kier alpha value is -2.10. The van der Waals surface area contributed by atoms with E-state index in [1.54, 1.807) is 12.1 Å². The second-order valence-corrected chi connectivity index (χ2v) is 5.79. The van der Waals surface area contributed by atoms with E-state index in [9.17, 15) is 14.3 Å². The number of carbonyl (C=O) groups is 1. The van der Waals surface area contributed by atoms with E-state index in [2.05, 4.69) is 11.2 Å². The molecule has 1 aliphatic heterocycles. The lowest BCUT2D eigenvalue weighted by molar-refractivity contribution is -0.122. The van der Waals surface area contributed by atoms with Crippen molar-refractivity contribution in [2.75, 3.05) is 31.2 Å². The molecule has 6 heteroatoms. The predicted octanol–water partition coefficient (Wildman–Crippen LogP) is 1.44. The van der Waals surface area contributed by atoms with Gasteiger partial charge in [0.1, 0.15) is 12.4 Å². The third-order valence-corrected chi connectivity index (χ3v) is 3.97. The number of amides is 1. The number of terminal acetylenes is 1. The van der Waals surface area contributed by atoms with E-state index in [1.807, 2.05) is 4.90 Å². The van der Waals surface area contributed by atoms with Gasteiger partial charge in [0.2, 0.25) is 5.91 Å². The fourth-order valence-electron chi connectivity index (χ4n) is 2.61. The fraction of sp³-hybridized carbons (Fsp3) is 0.500. The quantitative estimate of drug-likeness (QED) is 0.585. The lowest BCUT2D eigenvalue weighted by Gasteiger charge is -2.31. The minimum absolute atomic E-state index is 0.165. The summed E-state index contributed by atoms with van der Waals surface area (Å²) in [5.41, 5.74) is 1.24. The number of ether oxygens (including phenoxy) is 1. The van der Waals surface area contributed by atoms with Crippen molar-refractivity contribution in [3.63, 3.8) is 0 Å². The Morgan fingerprint density at radius 3 is 2.88 bits per heavy atom. The number of carbonyl (C=O) groups excluding carboxylic acids is 1. The molecule has 24 heavy (non-hydrogen) atoms. The van der Waals surface area contributed by atoms with Gasteiger partial charge in [0.25, 0.3) is 0 Å². The number of nitrogens with zero attached hydrogens (tertiary/aromatic N) is 1. The van der Waals surface area contributed by atoms with E-state index < -0.39 is 0 Å². The van der Waals surface area contributed by atoms with Crippen LogP contribution in [0, 0.1) is 18.2 Å². The highest BCUT2D eigenvalue weighted by Gasteiger charge is 2.19. The Kier molecular flexibility index (Phi) is 7.04. The Bertz CT molecular complexity index is 592. The number of aliphatic hydroxyl groups excluding tert-OH is 1. The topological polar surface area (TPSA) is 61.8 Å². The van der Waals surface area contributed by atoms with Crippen molar-refractivity contribution < 1.29 is 19.0 Å². The van der Waals surface area contributed by atoms with Gasteiger partial charge in [-0.1, -0.05) is 12.0 Å². The maximum Gasteiger partial charge on any atom is 0.222 e. The first-order chi connectivity index (χ1) is 11.6. The molecule has 5 nitrogen and oxygen atoms in total. The molecule has 130 valence electrons. The molecule has 0 atom stereocenters. The van der Waals surface area contributed by atoms with Gasteiger partial charge in [0.05, 0.1) is 24.8 Å². The monoisotopic (exact) mass is 334 g/mol. The second kappa shape index (κ2) is 9.26. The van der Waals surface area contributed by atoms with E-state index in [0.29, 0.717) is 37.2 Å². The minimum Gasteiger partial charge on any atom is -0.393 e. The molecule has 1 saturated heterocycles. The van der Waals surface area contributed by atoms with E-state index >= 15 is 0 Å². The first-order valence-electron chi connectivity index (χ1n) is 8.09. The van der Waals surface area contributed by atoms with E-state index in [4.69, 9.17) is 11.2 Å². The van der Waals surface area contributed by atoms with Crippen LogP contribution in [0.1, 0.15) is 24.8 Å². The van der Waals surface area contributed by atoms with Gasteiger partial charge >= 0.3 is 0 Å². The number of hydrogen-bond donors (Lipinski definition) is 2. The highest BCUT2D eigenvalue weighted by atomic mass is 19.1. The maximum atomic E-state index is 14.3. The third kappa shape index (κ3) is 5.52. The number of aliphatic hydroxyl groups is 1. The van der Waals surface area contributed by atoms with Crippen molar-refractivity contribution in [2.45, 2.75) is 31.9 Å². The average Bonchev–Trinajstić information content (AvgIpc) is 2.58. The summed E-state index contributed by atoms with van der Waals surface area (Å²) in [4.78, 5) is 13.6. The van der Waals surface area contributed by atoms with Crippen LogP contribution in [0.2, 0.25) is 0 Å². The Labute approximate surface area is 141 Å². The van der Waals surface area contributed by atoms with Crippen LogP contribution in [-0.4, -0.2) is 43.4 Å². The van der Waals surface area contributed by atoms with Crippen LogP contribution in [0.4, 0.5) is 10.1 Å². The SMILES string of the molecule is C#CCOCCC(=O)NCc1ccc(N2CCC(O)CC2)c(F)c1. The summed E-state index contributed by atoms with van der Waals surface area (Å²) in [6.07, 6.45) is 6.28. The molecule has 2 rings (SSSR count). The van der Waals surface area contributed by atoms with Gasteiger partial charge in [-0.25, -0.2) is 4.39 Å². The molecule has 1 aromatic carbocycles. The van der Waals surface area contributed by atoms with Crippen molar-refractivity contribution >= 4 is 11.6 Å². The number of rotatable bonds is 7. The predicted molar refractivity (Wildman–Crippen MR) is 90.0 cm³/mol. The van der Waals surface area contributed by atoms with Crippen LogP contribution in [-0.2, 0) is 16.1 Å². The molecule has 1 fully saturated rings. The van der Waals surface area contributed by atoms with Crippen LogP contribution in [0.15, 0.2) is 18.2 Å². The standard InChI is InChI=1S/C18H23FN2O3/c1-2-10-24-11-7-18(23)20-13-14-3-4-17(16(19)12-14)21-8-5-15(22)6-9-21/h1,3-4,12,15,22H,5-11,13H2,(H,20,23). The van der Waals surface area contributed by atoms with Crippen LogP contribution in [0.3, 0.4) is 0 Å². The van der Waals surface area contributed by atoms with Crippen molar-refractivity contribution in [3.8, 4) is 12.3 Å². The van der Waals surface area contributed by atoms with Gasteiger partial charge in [-0.3, -0.25) is 4.79 Å². The van der Waals surface area contributed by atoms with Gasteiger partial charge in [-0.05, 0) is 30.5 Å². The number of nitrogens with one attached hydrogen (secondary N) is 1. The van der Waals surface area contributed by atoms with E-state index in [0.717, 1.165) is 0 Å². The molecule has 1 aliphatic rings. The highest BCUT2D eigenvalue weighted by molar-refractivity contribution is 5.75. The molecule has 0 aromatic heterocycles. The normalized spacial score (nSPS) is 15.1. The van der Waals surface area contributed by atoms with Crippen molar-refractivity contribution in [2.24, 2.45) is 0 Å². The number of piperidine rings is 1. The third-order valence-electron chi connectivity index (χ3n) is 3.97. The zero-order valence-electron chi connectivity index (χ0n) is 13.6. The zero-order chi connectivity index (χ0) is 17.4. The molecule has 1 aromatic rings. The molecule has 0 spiro atoms. The van der Waals surface area contributed by atoms with Gasteiger partial charge < -0.3 is 20.1 Å². The van der Waals surface area contributed by atoms with Gasteiger partial charge in [-0.2, -0.15) is 0 Å². The summed E-state index contributed by atoms with van der Waals surface area (Å²) in [5, 5.41) is 12.2. The molecule has 1 heterocycles. The number of anilines is 1. The Balaban J connectivity index is 1.81. The Morgan fingerprint density at radius 1 is 1.46 bits per heavy atom. The minimum atomic E-state index is -0.310. The first kappa shape index (κ1) is 18.2. The summed E-state index contributed by atoms with van der Waals surface area (Å²) in [7, 11) is 0. The number of benzene rings is 1. The summed E-state index contributed by atoms with van der Waals surface area (Å²) >= 11 is 0. The van der Waals surface area contributed by atoms with Crippen LogP contribution in [0.25, 0.3) is 0 Å². The van der Waals surface area contributed by atoms with Gasteiger partial charge in [-0.15, -0.1) is 6.42 Å². The molecule has 0 bridgehead atoms. The Morgan fingerprint density at radius 2 is 2.21 bits per heavy atom. The lowest BCUT2D eigenvalue weighted by atomic mass is 10.1. The van der Waals surface area contributed by atoms with Crippen molar-refractivity contribution in [1.29, 1.82) is 0 Å². The van der Waals surface area contributed by atoms with Crippen molar-refractivity contribution in [1.82, 2.24) is 5.32 Å². The molecule has 0 aliphatic carbocycles. The summed E-state index contributed by atoms with van der Waals surface area (Å²) < 4.78 is 19.3. The molecule has 2 N–H and O–H groups in total. The fourth-order valence-corrected chi connectivity index (χ4v) is 2.61. The van der Waals surface area contributed by atoms with E-state index in [-0.39, 0.29) is 44.0 Å². The maximum absolute atomic E-state index is 14.3. The molecule has 0 saturated carbocycles. The van der Waals surface area contributed by atoms with Crippen LogP contribution < -0.4 is 10.2 Å². The number of halogens is 1. The highest BCUT2D eigenvalue weighted by Crippen LogP contribution is 2.24. The first-order valence-corrected chi connectivity index (χ1v) is 8.09. The van der Waals surface area contributed by atoms with E-state index in [1.165, 1.54) is 6.07 Å². The van der Waals surface area contributed by atoms with Crippen LogP contribution >= 0.6 is 0 Å². The smallest absolute Gasteiger partial charge is 0.222 e. The van der Waals surface area contributed by atoms with Gasteiger partial charge in [0, 0.05) is 19.6 Å². The average molecular weight is 334 g/mol. The molecule has 0 radical (unpaired) electrons. The van der Waals surface area contributed by atoms with Gasteiger partial charge in [0.15, 0.2) is 0 Å². The molecular weight excluding hydrogens is 311 g/mol. The summed E-state index contributed by atoms with van der Waals surface area (Å²) in [5.74, 6) is 1.85. The molecular formula is C18H23FN2O3. The van der Waals surface area contributed by atoms with Crippen LogP contribution in [0.5, 0.6) is 0 Å². The zero-order valence-corrected chi connectivity index (χ0v) is 13.6. The summed E-state index contributed by atoms with van der Waals surface area (Å²) in [6, 6.07) is 4.97. The molecule has 0 unspecified atom stereocenters. The summed E-state index contributed by atoms with van der Waals surface area (Å²) in [6.45, 7) is 2.01.